The molecule has 24 heavy (non-hydrogen) atoms. The first-order valence-electron chi connectivity index (χ1n) is 7.75. The number of hydrogen-bond donors (Lipinski definition) is 3. The molecule has 3 N–H and O–H groups in total. The Morgan fingerprint density at radius 3 is 2.71 bits per heavy atom. The average molecular weight is 331 g/mol. The first-order chi connectivity index (χ1) is 11.6. The fourth-order valence-electron chi connectivity index (χ4n) is 2.19. The highest BCUT2D eigenvalue weighted by Crippen LogP contribution is 2.17. The predicted molar refractivity (Wildman–Crippen MR) is 92.7 cm³/mol. The Labute approximate surface area is 141 Å². The van der Waals surface area contributed by atoms with E-state index >= 15 is 0 Å². The van der Waals surface area contributed by atoms with Gasteiger partial charge in [-0.25, -0.2) is 9.38 Å². The zero-order chi connectivity index (χ0) is 17.4. The van der Waals surface area contributed by atoms with Gasteiger partial charge < -0.3 is 20.5 Å². The Hall–Kier alpha value is -2.76. The summed E-state index contributed by atoms with van der Waals surface area (Å²) in [5.41, 5.74) is 1.70. The second-order valence-electron chi connectivity index (χ2n) is 5.15. The van der Waals surface area contributed by atoms with Gasteiger partial charge >= 0.3 is 0 Å². The lowest BCUT2D eigenvalue weighted by molar-refractivity contribution is 0.409. The van der Waals surface area contributed by atoms with Gasteiger partial charge in [-0.1, -0.05) is 24.3 Å². The zero-order valence-corrected chi connectivity index (χ0v) is 13.8. The van der Waals surface area contributed by atoms with Gasteiger partial charge in [0.05, 0.1) is 13.7 Å². The van der Waals surface area contributed by atoms with Crippen molar-refractivity contribution in [2.45, 2.75) is 20.0 Å². The monoisotopic (exact) mass is 331 g/mol. The van der Waals surface area contributed by atoms with E-state index in [1.165, 1.54) is 12.1 Å². The van der Waals surface area contributed by atoms with E-state index in [0.717, 1.165) is 11.3 Å². The highest BCUT2D eigenvalue weighted by molar-refractivity contribution is 5.79. The van der Waals surface area contributed by atoms with Gasteiger partial charge in [-0.2, -0.15) is 0 Å². The van der Waals surface area contributed by atoms with Gasteiger partial charge in [-0.05, 0) is 30.7 Å². The van der Waals surface area contributed by atoms with Crippen molar-refractivity contribution in [2.24, 2.45) is 4.99 Å². The maximum absolute atomic E-state index is 13.4. The lowest BCUT2D eigenvalue weighted by Gasteiger charge is -2.13. The van der Waals surface area contributed by atoms with Gasteiger partial charge in [-0.15, -0.1) is 0 Å². The molecule has 0 fully saturated rings. The van der Waals surface area contributed by atoms with E-state index in [0.29, 0.717) is 31.2 Å². The van der Waals surface area contributed by atoms with Crippen molar-refractivity contribution in [1.29, 1.82) is 0 Å². The smallest absolute Gasteiger partial charge is 0.191 e. The average Bonchev–Trinajstić information content (AvgIpc) is 2.60. The van der Waals surface area contributed by atoms with Crippen LogP contribution in [0.15, 0.2) is 47.5 Å². The van der Waals surface area contributed by atoms with Crippen molar-refractivity contribution in [3.63, 3.8) is 0 Å². The fourth-order valence-corrected chi connectivity index (χ4v) is 2.19. The molecule has 0 aliphatic rings. The highest BCUT2D eigenvalue weighted by atomic mass is 19.1. The molecular weight excluding hydrogens is 309 g/mol. The minimum atomic E-state index is -0.644. The number of nitrogens with one attached hydrogen (secondary N) is 2. The van der Waals surface area contributed by atoms with Crippen LogP contribution in [0.1, 0.15) is 18.1 Å². The summed E-state index contributed by atoms with van der Waals surface area (Å²) < 4.78 is 18.7. The van der Waals surface area contributed by atoms with E-state index < -0.39 is 5.82 Å². The number of phenolic OH excluding ortho intramolecular Hbond substituents is 1. The maximum atomic E-state index is 13.4. The van der Waals surface area contributed by atoms with E-state index in [9.17, 15) is 9.50 Å². The number of guanidine groups is 1. The molecule has 0 heterocycles. The van der Waals surface area contributed by atoms with Gasteiger partial charge in [0.1, 0.15) is 5.75 Å². The number of halogens is 1. The lowest BCUT2D eigenvalue weighted by atomic mass is 10.2. The molecule has 2 aromatic carbocycles. The molecular formula is C18H22FN3O2. The highest BCUT2D eigenvalue weighted by Gasteiger charge is 2.04. The van der Waals surface area contributed by atoms with E-state index in [2.05, 4.69) is 15.6 Å². The third-order valence-corrected chi connectivity index (χ3v) is 3.41. The molecule has 0 atom stereocenters. The van der Waals surface area contributed by atoms with Gasteiger partial charge in [-0.3, -0.25) is 0 Å². The van der Waals surface area contributed by atoms with Crippen molar-refractivity contribution in [1.82, 2.24) is 10.6 Å². The number of aliphatic imine (C=N–C) groups is 1. The first kappa shape index (κ1) is 17.6. The number of phenols is 1. The minimum absolute atomic E-state index is 0.304. The number of nitrogens with zero attached hydrogens (tertiary/aromatic N) is 1. The largest absolute Gasteiger partial charge is 0.505 e. The molecule has 128 valence electrons. The van der Waals surface area contributed by atoms with Crippen LogP contribution in [-0.2, 0) is 13.1 Å². The molecule has 6 heteroatoms. The van der Waals surface area contributed by atoms with Crippen LogP contribution in [0.3, 0.4) is 0 Å². The summed E-state index contributed by atoms with van der Waals surface area (Å²) in [5.74, 6) is 0.428. The van der Waals surface area contributed by atoms with Crippen LogP contribution in [0.25, 0.3) is 0 Å². The molecule has 2 aromatic rings. The van der Waals surface area contributed by atoms with E-state index in [4.69, 9.17) is 4.74 Å². The molecule has 0 aliphatic heterocycles. The summed E-state index contributed by atoms with van der Waals surface area (Å²) in [4.78, 5) is 4.43. The number of benzene rings is 2. The Bertz CT molecular complexity index is 704. The van der Waals surface area contributed by atoms with Gasteiger partial charge in [0.25, 0.3) is 0 Å². The second-order valence-corrected chi connectivity index (χ2v) is 5.15. The van der Waals surface area contributed by atoms with Crippen LogP contribution < -0.4 is 15.4 Å². The summed E-state index contributed by atoms with van der Waals surface area (Å²) in [6.07, 6.45) is 0. The molecule has 0 aromatic heterocycles. The molecule has 0 aliphatic carbocycles. The van der Waals surface area contributed by atoms with E-state index in [1.54, 1.807) is 13.2 Å². The van der Waals surface area contributed by atoms with Crippen LogP contribution in [0.4, 0.5) is 4.39 Å². The Kier molecular flexibility index (Phi) is 6.42. The minimum Gasteiger partial charge on any atom is -0.505 e. The quantitative estimate of drug-likeness (QED) is 0.562. The number of aromatic hydroxyl groups is 1. The summed E-state index contributed by atoms with van der Waals surface area (Å²) in [6.45, 7) is 3.54. The molecule has 0 amide bonds. The first-order valence-corrected chi connectivity index (χ1v) is 7.75. The topological polar surface area (TPSA) is 65.9 Å². The van der Waals surface area contributed by atoms with E-state index in [-0.39, 0.29) is 5.75 Å². The number of para-hydroxylation sites is 1. The standard InChI is InChI=1S/C18H22FN3O2/c1-3-20-18(21-11-13-8-9-16(23)15(19)10-13)22-12-14-6-4-5-7-17(14)24-2/h4-10,23H,3,11-12H2,1-2H3,(H2,20,21,22). The van der Waals surface area contributed by atoms with Crippen LogP contribution in [0.5, 0.6) is 11.5 Å². The number of hydrogen-bond acceptors (Lipinski definition) is 3. The SMILES string of the molecule is CCNC(=NCc1ccc(O)c(F)c1)NCc1ccccc1OC. The van der Waals surface area contributed by atoms with Crippen LogP contribution in [0, 0.1) is 5.82 Å². The Morgan fingerprint density at radius 2 is 2.00 bits per heavy atom. The molecule has 0 saturated carbocycles. The lowest BCUT2D eigenvalue weighted by Crippen LogP contribution is -2.36. The number of ether oxygens (including phenoxy) is 1. The van der Waals surface area contributed by atoms with Crippen molar-refractivity contribution in [2.75, 3.05) is 13.7 Å². The molecule has 0 unspecified atom stereocenters. The van der Waals surface area contributed by atoms with Crippen LogP contribution in [0.2, 0.25) is 0 Å². The van der Waals surface area contributed by atoms with E-state index in [1.807, 2.05) is 31.2 Å². The molecule has 0 saturated heterocycles. The van der Waals surface area contributed by atoms with Gasteiger partial charge in [0.15, 0.2) is 17.5 Å². The fraction of sp³-hybridized carbons (Fsp3) is 0.278. The predicted octanol–water partition coefficient (Wildman–Crippen LogP) is 2.80. The molecule has 0 bridgehead atoms. The van der Waals surface area contributed by atoms with Crippen LogP contribution >= 0.6 is 0 Å². The molecule has 0 radical (unpaired) electrons. The Morgan fingerprint density at radius 1 is 1.21 bits per heavy atom. The molecule has 5 nitrogen and oxygen atoms in total. The summed E-state index contributed by atoms with van der Waals surface area (Å²) in [6, 6.07) is 12.0. The van der Waals surface area contributed by atoms with Crippen molar-refractivity contribution in [3.05, 3.63) is 59.4 Å². The molecule has 0 spiro atoms. The maximum Gasteiger partial charge on any atom is 0.191 e. The normalized spacial score (nSPS) is 11.2. The van der Waals surface area contributed by atoms with Gasteiger partial charge in [0.2, 0.25) is 0 Å². The summed E-state index contributed by atoms with van der Waals surface area (Å²) >= 11 is 0. The Balaban J connectivity index is 2.03. The second kappa shape index (κ2) is 8.76. The van der Waals surface area contributed by atoms with Crippen LogP contribution in [-0.4, -0.2) is 24.7 Å². The number of methoxy groups -OCH3 is 1. The molecule has 2 rings (SSSR count). The van der Waals surface area contributed by atoms with Crippen molar-refractivity contribution >= 4 is 5.96 Å². The summed E-state index contributed by atoms with van der Waals surface area (Å²) in [5, 5.41) is 15.6. The third kappa shape index (κ3) is 4.87. The zero-order valence-electron chi connectivity index (χ0n) is 13.8. The summed E-state index contributed by atoms with van der Waals surface area (Å²) in [7, 11) is 1.64. The van der Waals surface area contributed by atoms with Crippen molar-refractivity contribution < 1.29 is 14.2 Å². The number of rotatable bonds is 6. The van der Waals surface area contributed by atoms with Crippen molar-refractivity contribution in [3.8, 4) is 11.5 Å². The van der Waals surface area contributed by atoms with Gasteiger partial charge in [0, 0.05) is 18.7 Å². The third-order valence-electron chi connectivity index (χ3n) is 3.41.